The number of aromatic nitrogens is 2. The highest BCUT2D eigenvalue weighted by atomic mass is 16.1. The molecule has 0 spiro atoms. The van der Waals surface area contributed by atoms with E-state index in [0.717, 1.165) is 16.7 Å². The Morgan fingerprint density at radius 2 is 1.83 bits per heavy atom. The summed E-state index contributed by atoms with van der Waals surface area (Å²) in [5.41, 5.74) is 2.76. The third-order valence-electron chi connectivity index (χ3n) is 5.61. The highest BCUT2D eigenvalue weighted by Crippen LogP contribution is 2.38. The number of benzene rings is 1. The Morgan fingerprint density at radius 1 is 1.17 bits per heavy atom. The zero-order chi connectivity index (χ0) is 16.6. The van der Waals surface area contributed by atoms with Crippen molar-refractivity contribution in [3.63, 3.8) is 0 Å². The minimum Gasteiger partial charge on any atom is -0.299 e. The molecule has 0 aliphatic heterocycles. The van der Waals surface area contributed by atoms with Gasteiger partial charge >= 0.3 is 0 Å². The van der Waals surface area contributed by atoms with Crippen LogP contribution in [0.5, 0.6) is 0 Å². The van der Waals surface area contributed by atoms with Crippen molar-refractivity contribution in [2.45, 2.75) is 65.2 Å². The van der Waals surface area contributed by atoms with Crippen LogP contribution in [0.4, 0.5) is 0 Å². The van der Waals surface area contributed by atoms with Crippen LogP contribution >= 0.6 is 0 Å². The maximum atomic E-state index is 12.3. The molecule has 3 rings (SSSR count). The number of nitrogens with zero attached hydrogens (tertiary/aromatic N) is 2. The fraction of sp³-hybridized carbons (Fsp3) is 0.600. The van der Waals surface area contributed by atoms with Crippen molar-refractivity contribution in [2.75, 3.05) is 0 Å². The standard InChI is InChI=1S/C20H28N2O/c1-14-21-18-13-16(9-10-17(18)19(23)22(14)4)15-7-5-11-20(2,3)12-6-8-15/h9-10,13,15H,5-8,11-12H2,1-4H3. The topological polar surface area (TPSA) is 34.9 Å². The monoisotopic (exact) mass is 312 g/mol. The first-order chi connectivity index (χ1) is 10.9. The second-order valence-electron chi connectivity index (χ2n) is 7.95. The van der Waals surface area contributed by atoms with Gasteiger partial charge in [0.05, 0.1) is 10.9 Å². The van der Waals surface area contributed by atoms with Crippen LogP contribution in [-0.2, 0) is 7.05 Å². The molecule has 1 aliphatic carbocycles. The molecule has 1 aromatic carbocycles. The maximum Gasteiger partial charge on any atom is 0.261 e. The molecule has 23 heavy (non-hydrogen) atoms. The summed E-state index contributed by atoms with van der Waals surface area (Å²) in [6.45, 7) is 6.68. The van der Waals surface area contributed by atoms with E-state index in [1.165, 1.54) is 44.1 Å². The van der Waals surface area contributed by atoms with Gasteiger partial charge in [-0.3, -0.25) is 9.36 Å². The van der Waals surface area contributed by atoms with Crippen LogP contribution in [0.2, 0.25) is 0 Å². The fourth-order valence-corrected chi connectivity index (χ4v) is 3.91. The Balaban J connectivity index is 1.91. The molecule has 1 aliphatic rings. The lowest BCUT2D eigenvalue weighted by molar-refractivity contribution is 0.256. The molecule has 1 fully saturated rings. The molecule has 0 radical (unpaired) electrons. The van der Waals surface area contributed by atoms with E-state index in [-0.39, 0.29) is 5.56 Å². The summed E-state index contributed by atoms with van der Waals surface area (Å²) >= 11 is 0. The summed E-state index contributed by atoms with van der Waals surface area (Å²) < 4.78 is 1.62. The van der Waals surface area contributed by atoms with Crippen LogP contribution < -0.4 is 5.56 Å². The molecular weight excluding hydrogens is 284 g/mol. The van der Waals surface area contributed by atoms with Crippen molar-refractivity contribution >= 4 is 10.9 Å². The lowest BCUT2D eigenvalue weighted by Gasteiger charge is -2.30. The SMILES string of the molecule is Cc1nc2cc(C3CCCC(C)(C)CCC3)ccc2c(=O)n1C. The average Bonchev–Trinajstić information content (AvgIpc) is 2.48. The van der Waals surface area contributed by atoms with Gasteiger partial charge < -0.3 is 0 Å². The number of hydrogen-bond donors (Lipinski definition) is 0. The second-order valence-corrected chi connectivity index (χ2v) is 7.95. The number of rotatable bonds is 1. The van der Waals surface area contributed by atoms with E-state index in [1.807, 2.05) is 13.0 Å². The fourth-order valence-electron chi connectivity index (χ4n) is 3.91. The Kier molecular flexibility index (Phi) is 4.31. The molecule has 0 amide bonds. The molecule has 1 saturated carbocycles. The van der Waals surface area contributed by atoms with E-state index >= 15 is 0 Å². The van der Waals surface area contributed by atoms with Gasteiger partial charge in [-0.15, -0.1) is 0 Å². The minimum atomic E-state index is 0.0541. The van der Waals surface area contributed by atoms with E-state index in [9.17, 15) is 4.79 Å². The van der Waals surface area contributed by atoms with Gasteiger partial charge in [-0.2, -0.15) is 0 Å². The summed E-state index contributed by atoms with van der Waals surface area (Å²) in [6.07, 6.45) is 7.71. The Bertz CT molecular complexity index is 761. The molecule has 2 aromatic rings. The molecule has 0 atom stereocenters. The first-order valence-corrected chi connectivity index (χ1v) is 8.85. The smallest absolute Gasteiger partial charge is 0.261 e. The van der Waals surface area contributed by atoms with Gasteiger partial charge in [-0.1, -0.05) is 32.8 Å². The van der Waals surface area contributed by atoms with Crippen LogP contribution in [-0.4, -0.2) is 9.55 Å². The zero-order valence-corrected chi connectivity index (χ0v) is 14.9. The maximum absolute atomic E-state index is 12.3. The Morgan fingerprint density at radius 3 is 2.48 bits per heavy atom. The van der Waals surface area contributed by atoms with Crippen LogP contribution in [0.1, 0.15) is 69.7 Å². The summed E-state index contributed by atoms with van der Waals surface area (Å²) in [6, 6.07) is 6.28. The molecule has 0 unspecified atom stereocenters. The second kappa shape index (κ2) is 6.10. The highest BCUT2D eigenvalue weighted by molar-refractivity contribution is 5.78. The minimum absolute atomic E-state index is 0.0541. The summed E-state index contributed by atoms with van der Waals surface area (Å²) in [5, 5.41) is 0.730. The van der Waals surface area contributed by atoms with Crippen molar-refractivity contribution in [3.05, 3.63) is 39.9 Å². The highest BCUT2D eigenvalue weighted by Gasteiger charge is 2.23. The van der Waals surface area contributed by atoms with Crippen LogP contribution in [0.3, 0.4) is 0 Å². The Labute approximate surface area is 138 Å². The quantitative estimate of drug-likeness (QED) is 0.764. The van der Waals surface area contributed by atoms with Crippen molar-refractivity contribution < 1.29 is 0 Å². The van der Waals surface area contributed by atoms with Gasteiger partial charge in [0.15, 0.2) is 0 Å². The van der Waals surface area contributed by atoms with Crippen LogP contribution in [0.15, 0.2) is 23.0 Å². The van der Waals surface area contributed by atoms with Crippen LogP contribution in [0.25, 0.3) is 10.9 Å². The van der Waals surface area contributed by atoms with Crippen LogP contribution in [0, 0.1) is 12.3 Å². The van der Waals surface area contributed by atoms with Gasteiger partial charge in [-0.05, 0) is 61.6 Å². The van der Waals surface area contributed by atoms with E-state index in [2.05, 4.69) is 31.0 Å². The summed E-state index contributed by atoms with van der Waals surface area (Å²) in [5.74, 6) is 1.39. The van der Waals surface area contributed by atoms with Gasteiger partial charge in [0, 0.05) is 7.05 Å². The average molecular weight is 312 g/mol. The Hall–Kier alpha value is -1.64. The predicted molar refractivity (Wildman–Crippen MR) is 95.9 cm³/mol. The molecule has 124 valence electrons. The number of fused-ring (bicyclic) bond motifs is 1. The summed E-state index contributed by atoms with van der Waals surface area (Å²) in [4.78, 5) is 17.0. The first kappa shape index (κ1) is 16.2. The lowest BCUT2D eigenvalue weighted by Crippen LogP contribution is -2.20. The molecule has 1 aromatic heterocycles. The van der Waals surface area contributed by atoms with Gasteiger partial charge in [0.1, 0.15) is 5.82 Å². The first-order valence-electron chi connectivity index (χ1n) is 8.85. The molecule has 3 heteroatoms. The van der Waals surface area contributed by atoms with Gasteiger partial charge in [0.2, 0.25) is 0 Å². The third kappa shape index (κ3) is 3.34. The van der Waals surface area contributed by atoms with Gasteiger partial charge in [0.25, 0.3) is 5.56 Å². The predicted octanol–water partition coefficient (Wildman–Crippen LogP) is 4.71. The molecule has 3 nitrogen and oxygen atoms in total. The van der Waals surface area contributed by atoms with E-state index < -0.39 is 0 Å². The largest absolute Gasteiger partial charge is 0.299 e. The van der Waals surface area contributed by atoms with Crippen molar-refractivity contribution in [2.24, 2.45) is 12.5 Å². The van der Waals surface area contributed by atoms with E-state index in [1.54, 1.807) is 11.6 Å². The third-order valence-corrected chi connectivity index (χ3v) is 5.61. The van der Waals surface area contributed by atoms with E-state index in [0.29, 0.717) is 11.3 Å². The zero-order valence-electron chi connectivity index (χ0n) is 14.9. The normalized spacial score (nSPS) is 19.5. The molecule has 0 N–H and O–H groups in total. The van der Waals surface area contributed by atoms with E-state index in [4.69, 9.17) is 0 Å². The number of hydrogen-bond acceptors (Lipinski definition) is 2. The van der Waals surface area contributed by atoms with Crippen molar-refractivity contribution in [1.29, 1.82) is 0 Å². The molecule has 0 saturated heterocycles. The number of aryl methyl sites for hydroxylation is 1. The lowest BCUT2D eigenvalue weighted by atomic mass is 9.76. The van der Waals surface area contributed by atoms with Crippen molar-refractivity contribution in [1.82, 2.24) is 9.55 Å². The molecular formula is C20H28N2O. The van der Waals surface area contributed by atoms with Gasteiger partial charge in [-0.25, -0.2) is 4.98 Å². The van der Waals surface area contributed by atoms with Crippen molar-refractivity contribution in [3.8, 4) is 0 Å². The summed E-state index contributed by atoms with van der Waals surface area (Å²) in [7, 11) is 1.79. The molecule has 0 bridgehead atoms. The molecule has 1 heterocycles.